The van der Waals surface area contributed by atoms with Gasteiger partial charge in [-0.3, -0.25) is 14.4 Å². The molecule has 0 aromatic heterocycles. The fraction of sp³-hybridized carbons (Fsp3) is 0.211. The minimum Gasteiger partial charge on any atom is -0.453 e. The van der Waals surface area contributed by atoms with Gasteiger partial charge in [-0.25, -0.2) is 4.39 Å². The second-order valence-electron chi connectivity index (χ2n) is 5.68. The Morgan fingerprint density at radius 2 is 1.74 bits per heavy atom. The maximum Gasteiger partial charge on any atom is 0.307 e. The van der Waals surface area contributed by atoms with Gasteiger partial charge in [0.15, 0.2) is 11.9 Å². The SMILES string of the molecule is C[C@H](OC(=O)CCC(=O)c1ccc(F)cc1)C(=O)Nc1ccc(Cl)cc1Cl. The van der Waals surface area contributed by atoms with Gasteiger partial charge in [-0.1, -0.05) is 23.2 Å². The number of hydrogen-bond acceptors (Lipinski definition) is 4. The molecule has 1 amide bonds. The highest BCUT2D eigenvalue weighted by Gasteiger charge is 2.19. The number of Topliss-reactive ketones (excluding diaryl/α,β-unsaturated/α-hetero) is 1. The first-order valence-electron chi connectivity index (χ1n) is 8.00. The van der Waals surface area contributed by atoms with Crippen LogP contribution in [0.15, 0.2) is 42.5 Å². The quantitative estimate of drug-likeness (QED) is 0.530. The largest absolute Gasteiger partial charge is 0.453 e. The smallest absolute Gasteiger partial charge is 0.307 e. The molecule has 0 fully saturated rings. The van der Waals surface area contributed by atoms with Crippen LogP contribution in [-0.4, -0.2) is 23.8 Å². The van der Waals surface area contributed by atoms with Crippen molar-refractivity contribution >= 4 is 46.5 Å². The Labute approximate surface area is 165 Å². The predicted molar refractivity (Wildman–Crippen MR) is 101 cm³/mol. The van der Waals surface area contributed by atoms with Gasteiger partial charge in [0.25, 0.3) is 5.91 Å². The molecule has 1 N–H and O–H groups in total. The minimum atomic E-state index is -1.08. The molecule has 5 nitrogen and oxygen atoms in total. The minimum absolute atomic E-state index is 0.109. The first-order chi connectivity index (χ1) is 12.8. The Morgan fingerprint density at radius 3 is 2.37 bits per heavy atom. The molecule has 0 spiro atoms. The Hall–Kier alpha value is -2.44. The summed E-state index contributed by atoms with van der Waals surface area (Å²) in [5, 5.41) is 3.20. The average molecular weight is 412 g/mol. The van der Waals surface area contributed by atoms with Crippen molar-refractivity contribution in [1.82, 2.24) is 0 Å². The van der Waals surface area contributed by atoms with Gasteiger partial charge in [0, 0.05) is 17.0 Å². The summed E-state index contributed by atoms with van der Waals surface area (Å²) >= 11 is 11.8. The molecule has 0 saturated heterocycles. The predicted octanol–water partition coefficient (Wildman–Crippen LogP) is 4.67. The maximum absolute atomic E-state index is 12.8. The molecule has 2 rings (SSSR count). The van der Waals surface area contributed by atoms with Crippen molar-refractivity contribution < 1.29 is 23.5 Å². The highest BCUT2D eigenvalue weighted by Crippen LogP contribution is 2.25. The molecule has 2 aromatic carbocycles. The second kappa shape index (κ2) is 9.48. The van der Waals surface area contributed by atoms with Crippen LogP contribution >= 0.6 is 23.2 Å². The van der Waals surface area contributed by atoms with E-state index < -0.39 is 23.8 Å². The summed E-state index contributed by atoms with van der Waals surface area (Å²) in [5.41, 5.74) is 0.632. The number of esters is 1. The van der Waals surface area contributed by atoms with E-state index in [2.05, 4.69) is 5.32 Å². The maximum atomic E-state index is 12.8. The molecule has 0 saturated carbocycles. The van der Waals surface area contributed by atoms with E-state index in [1.54, 1.807) is 6.07 Å². The second-order valence-corrected chi connectivity index (χ2v) is 6.52. The van der Waals surface area contributed by atoms with Crippen molar-refractivity contribution in [2.45, 2.75) is 25.9 Å². The van der Waals surface area contributed by atoms with Gasteiger partial charge < -0.3 is 10.1 Å². The van der Waals surface area contributed by atoms with Crippen molar-refractivity contribution in [3.05, 3.63) is 63.9 Å². The van der Waals surface area contributed by atoms with Gasteiger partial charge in [-0.05, 0) is 49.4 Å². The number of anilines is 1. The van der Waals surface area contributed by atoms with Crippen LogP contribution in [0.3, 0.4) is 0 Å². The summed E-state index contributed by atoms with van der Waals surface area (Å²) in [6.07, 6.45) is -1.39. The number of amides is 1. The molecule has 1 atom stereocenters. The Kier molecular flexibility index (Phi) is 7.33. The van der Waals surface area contributed by atoms with E-state index in [-0.39, 0.29) is 23.6 Å². The molecule has 0 bridgehead atoms. The number of halogens is 3. The third-order valence-corrected chi connectivity index (χ3v) is 4.14. The topological polar surface area (TPSA) is 72.5 Å². The van der Waals surface area contributed by atoms with E-state index in [1.165, 1.54) is 43.3 Å². The molecule has 0 aliphatic rings. The summed E-state index contributed by atoms with van der Waals surface area (Å²) in [5.74, 6) is -2.05. The Balaban J connectivity index is 1.82. The molecule has 0 heterocycles. The van der Waals surface area contributed by atoms with Crippen LogP contribution in [-0.2, 0) is 14.3 Å². The van der Waals surface area contributed by atoms with E-state index in [0.717, 1.165) is 0 Å². The van der Waals surface area contributed by atoms with Crippen molar-refractivity contribution in [2.75, 3.05) is 5.32 Å². The number of hydrogen-bond donors (Lipinski definition) is 1. The first-order valence-corrected chi connectivity index (χ1v) is 8.76. The lowest BCUT2D eigenvalue weighted by atomic mass is 10.1. The molecule has 2 aromatic rings. The average Bonchev–Trinajstić information content (AvgIpc) is 2.62. The summed E-state index contributed by atoms with van der Waals surface area (Å²) in [6, 6.07) is 9.57. The Bertz CT molecular complexity index is 855. The van der Waals surface area contributed by atoms with Crippen LogP contribution in [0.2, 0.25) is 10.0 Å². The number of rotatable bonds is 7. The van der Waals surface area contributed by atoms with Crippen molar-refractivity contribution in [1.29, 1.82) is 0 Å². The van der Waals surface area contributed by atoms with Crippen LogP contribution in [0.4, 0.5) is 10.1 Å². The van der Waals surface area contributed by atoms with Gasteiger partial charge in [-0.2, -0.15) is 0 Å². The number of ketones is 1. The van der Waals surface area contributed by atoms with Gasteiger partial charge in [0.05, 0.1) is 17.1 Å². The summed E-state index contributed by atoms with van der Waals surface area (Å²) < 4.78 is 17.9. The third-order valence-electron chi connectivity index (χ3n) is 3.59. The molecule has 0 unspecified atom stereocenters. The molecule has 8 heteroatoms. The normalized spacial score (nSPS) is 11.6. The van der Waals surface area contributed by atoms with Gasteiger partial charge in [0.1, 0.15) is 5.82 Å². The van der Waals surface area contributed by atoms with Crippen LogP contribution in [0.5, 0.6) is 0 Å². The molecule has 142 valence electrons. The van der Waals surface area contributed by atoms with E-state index >= 15 is 0 Å². The molecular formula is C19H16Cl2FNO4. The lowest BCUT2D eigenvalue weighted by Crippen LogP contribution is -2.30. The highest BCUT2D eigenvalue weighted by atomic mass is 35.5. The van der Waals surface area contributed by atoms with Crippen LogP contribution in [0.1, 0.15) is 30.1 Å². The lowest BCUT2D eigenvalue weighted by Gasteiger charge is -2.14. The number of nitrogens with one attached hydrogen (secondary N) is 1. The zero-order valence-corrected chi connectivity index (χ0v) is 15.8. The molecular weight excluding hydrogens is 396 g/mol. The number of ether oxygens (including phenoxy) is 1. The van der Waals surface area contributed by atoms with Crippen molar-refractivity contribution in [3.8, 4) is 0 Å². The lowest BCUT2D eigenvalue weighted by molar-refractivity contribution is -0.153. The third kappa shape index (κ3) is 6.34. The van der Waals surface area contributed by atoms with Gasteiger partial charge in [-0.15, -0.1) is 0 Å². The van der Waals surface area contributed by atoms with Crippen LogP contribution in [0.25, 0.3) is 0 Å². The molecule has 0 aliphatic carbocycles. The monoisotopic (exact) mass is 411 g/mol. The van der Waals surface area contributed by atoms with Crippen LogP contribution in [0, 0.1) is 5.82 Å². The van der Waals surface area contributed by atoms with Crippen molar-refractivity contribution in [3.63, 3.8) is 0 Å². The summed E-state index contributed by atoms with van der Waals surface area (Å²) in [6.45, 7) is 1.40. The van der Waals surface area contributed by atoms with Gasteiger partial charge >= 0.3 is 5.97 Å². The van der Waals surface area contributed by atoms with E-state index in [1.807, 2.05) is 0 Å². The zero-order chi connectivity index (χ0) is 20.0. The van der Waals surface area contributed by atoms with E-state index in [9.17, 15) is 18.8 Å². The van der Waals surface area contributed by atoms with Gasteiger partial charge in [0.2, 0.25) is 0 Å². The summed E-state index contributed by atoms with van der Waals surface area (Å²) in [4.78, 5) is 35.9. The fourth-order valence-corrected chi connectivity index (χ4v) is 2.59. The van der Waals surface area contributed by atoms with E-state index in [0.29, 0.717) is 16.3 Å². The van der Waals surface area contributed by atoms with Crippen molar-refractivity contribution in [2.24, 2.45) is 0 Å². The summed E-state index contributed by atoms with van der Waals surface area (Å²) in [7, 11) is 0. The standard InChI is InChI=1S/C19H16Cl2FNO4/c1-11(19(26)23-16-7-4-13(20)10-15(16)21)27-18(25)9-8-17(24)12-2-5-14(22)6-3-12/h2-7,10-11H,8-9H2,1H3,(H,23,26)/t11-/m0/s1. The van der Waals surface area contributed by atoms with Crippen LogP contribution < -0.4 is 5.32 Å². The molecule has 0 aliphatic heterocycles. The highest BCUT2D eigenvalue weighted by molar-refractivity contribution is 6.36. The molecule has 0 radical (unpaired) electrons. The van der Waals surface area contributed by atoms with E-state index in [4.69, 9.17) is 27.9 Å². The molecule has 27 heavy (non-hydrogen) atoms. The number of carbonyl (C=O) groups is 3. The first kappa shape index (κ1) is 20.9. The fourth-order valence-electron chi connectivity index (χ4n) is 2.13. The Morgan fingerprint density at radius 1 is 1.07 bits per heavy atom. The number of benzene rings is 2. The number of carbonyl (C=O) groups excluding carboxylic acids is 3. The zero-order valence-electron chi connectivity index (χ0n) is 14.3.